The summed E-state index contributed by atoms with van der Waals surface area (Å²) in [6.07, 6.45) is 25.5. The summed E-state index contributed by atoms with van der Waals surface area (Å²) < 4.78 is 32.7. The normalized spacial score (nSPS) is 14.3. The van der Waals surface area contributed by atoms with Gasteiger partial charge in [-0.3, -0.25) is 13.8 Å². The molecule has 0 fully saturated rings. The molecule has 0 spiro atoms. The van der Waals surface area contributed by atoms with E-state index in [4.69, 9.17) is 24.3 Å². The van der Waals surface area contributed by atoms with Crippen LogP contribution in [0.2, 0.25) is 0 Å². The third-order valence-corrected chi connectivity index (χ3v) is 6.86. The monoisotopic (exact) mass is 561 g/mol. The minimum absolute atomic E-state index is 0.0979. The molecule has 224 valence electrons. The van der Waals surface area contributed by atoms with E-state index in [1.54, 1.807) is 0 Å². The average Bonchev–Trinajstić information content (AvgIpc) is 2.90. The van der Waals surface area contributed by atoms with Crippen molar-refractivity contribution >= 4 is 13.8 Å². The van der Waals surface area contributed by atoms with Crippen LogP contribution in [0.5, 0.6) is 0 Å². The molecule has 0 amide bonds. The van der Waals surface area contributed by atoms with Gasteiger partial charge in [-0.25, -0.2) is 4.57 Å². The van der Waals surface area contributed by atoms with Crippen LogP contribution < -0.4 is 5.73 Å². The molecule has 2 atom stereocenters. The number of phosphoric acid groups is 1. The van der Waals surface area contributed by atoms with Gasteiger partial charge in [0.05, 0.1) is 19.8 Å². The maximum Gasteiger partial charge on any atom is 0.472 e. The van der Waals surface area contributed by atoms with Gasteiger partial charge in [-0.15, -0.1) is 0 Å². The molecular weight excluding hydrogens is 505 g/mol. The number of phosphoric ester groups is 1. The van der Waals surface area contributed by atoms with Gasteiger partial charge in [-0.1, -0.05) is 89.5 Å². The van der Waals surface area contributed by atoms with Crippen molar-refractivity contribution in [3.63, 3.8) is 0 Å². The molecule has 0 saturated heterocycles. The number of unbranched alkanes of at least 4 members (excludes halogenated alkanes) is 11. The van der Waals surface area contributed by atoms with Crippen LogP contribution in [0.4, 0.5) is 0 Å². The number of esters is 1. The molecule has 0 aliphatic heterocycles. The predicted molar refractivity (Wildman–Crippen MR) is 155 cm³/mol. The number of allylic oxidation sites excluding steroid dienone is 4. The van der Waals surface area contributed by atoms with E-state index in [-0.39, 0.29) is 32.3 Å². The van der Waals surface area contributed by atoms with Crippen molar-refractivity contribution in [2.24, 2.45) is 5.73 Å². The molecule has 9 heteroatoms. The molecule has 0 aromatic rings. The molecule has 0 saturated carbocycles. The molecule has 8 nitrogen and oxygen atoms in total. The number of rotatable bonds is 28. The van der Waals surface area contributed by atoms with E-state index in [1.165, 1.54) is 51.4 Å². The topological polar surface area (TPSA) is 117 Å². The van der Waals surface area contributed by atoms with Crippen molar-refractivity contribution in [2.45, 2.75) is 123 Å². The highest BCUT2D eigenvalue weighted by Gasteiger charge is 2.25. The van der Waals surface area contributed by atoms with E-state index >= 15 is 0 Å². The van der Waals surface area contributed by atoms with Crippen LogP contribution in [0.15, 0.2) is 24.3 Å². The van der Waals surface area contributed by atoms with Crippen molar-refractivity contribution < 1.29 is 32.8 Å². The quantitative estimate of drug-likeness (QED) is 0.0439. The van der Waals surface area contributed by atoms with Gasteiger partial charge in [0.25, 0.3) is 0 Å². The van der Waals surface area contributed by atoms with Gasteiger partial charge in [-0.2, -0.15) is 0 Å². The van der Waals surface area contributed by atoms with Crippen LogP contribution in [0, 0.1) is 0 Å². The molecule has 0 bridgehead atoms. The number of hydrogen-bond donors (Lipinski definition) is 2. The van der Waals surface area contributed by atoms with Gasteiger partial charge in [0.2, 0.25) is 0 Å². The fourth-order valence-electron chi connectivity index (χ4n) is 3.67. The summed E-state index contributed by atoms with van der Waals surface area (Å²) in [4.78, 5) is 21.8. The Hall–Kier alpha value is -1.02. The zero-order valence-electron chi connectivity index (χ0n) is 24.2. The molecular formula is C29H56NO7P. The number of carbonyl (C=O) groups is 1. The van der Waals surface area contributed by atoms with E-state index in [0.29, 0.717) is 13.0 Å². The third kappa shape index (κ3) is 26.6. The van der Waals surface area contributed by atoms with E-state index < -0.39 is 13.9 Å². The number of hydrogen-bond acceptors (Lipinski definition) is 7. The third-order valence-electron chi connectivity index (χ3n) is 5.87. The Bertz CT molecular complexity index is 642. The van der Waals surface area contributed by atoms with Crippen molar-refractivity contribution in [2.75, 3.05) is 33.0 Å². The molecule has 0 aliphatic carbocycles. The molecule has 0 aromatic carbocycles. The fraction of sp³-hybridized carbons (Fsp3) is 0.828. The lowest BCUT2D eigenvalue weighted by Gasteiger charge is -2.20. The zero-order valence-corrected chi connectivity index (χ0v) is 25.1. The molecule has 0 aromatic heterocycles. The second-order valence-electron chi connectivity index (χ2n) is 9.61. The summed E-state index contributed by atoms with van der Waals surface area (Å²) in [6, 6.07) is 0. The van der Waals surface area contributed by atoms with Crippen LogP contribution in [0.3, 0.4) is 0 Å². The zero-order chi connectivity index (χ0) is 28.2. The minimum Gasteiger partial charge on any atom is -0.457 e. The van der Waals surface area contributed by atoms with Crippen LogP contribution in [0.1, 0.15) is 117 Å². The second kappa shape index (κ2) is 27.5. The molecule has 0 heterocycles. The average molecular weight is 562 g/mol. The Kier molecular flexibility index (Phi) is 26.8. The fourth-order valence-corrected chi connectivity index (χ4v) is 4.44. The van der Waals surface area contributed by atoms with Crippen molar-refractivity contribution in [1.82, 2.24) is 0 Å². The summed E-state index contributed by atoms with van der Waals surface area (Å²) in [5.74, 6) is -0.361. The first-order valence-electron chi connectivity index (χ1n) is 14.8. The van der Waals surface area contributed by atoms with Crippen molar-refractivity contribution in [3.8, 4) is 0 Å². The SMILES string of the molecule is CCCCC/C=C\C/C=C\CCCCCCCCOCC(COP(=O)(O)OCCN)OC(=O)CCCCC. The highest BCUT2D eigenvalue weighted by Crippen LogP contribution is 2.43. The summed E-state index contributed by atoms with van der Waals surface area (Å²) in [6.45, 7) is 4.67. The van der Waals surface area contributed by atoms with Crippen LogP contribution in [-0.4, -0.2) is 49.9 Å². The molecule has 38 heavy (non-hydrogen) atoms. The Morgan fingerprint density at radius 2 is 1.39 bits per heavy atom. The maximum atomic E-state index is 12.1. The van der Waals surface area contributed by atoms with Gasteiger partial charge in [-0.05, 0) is 44.9 Å². The van der Waals surface area contributed by atoms with E-state index in [9.17, 15) is 14.3 Å². The first kappa shape index (κ1) is 37.0. The maximum absolute atomic E-state index is 12.1. The van der Waals surface area contributed by atoms with Gasteiger partial charge in [0.15, 0.2) is 0 Å². The van der Waals surface area contributed by atoms with Gasteiger partial charge >= 0.3 is 13.8 Å². The Morgan fingerprint density at radius 1 is 0.789 bits per heavy atom. The number of ether oxygens (including phenoxy) is 2. The Labute approximate surface area is 232 Å². The molecule has 0 rings (SSSR count). The second-order valence-corrected chi connectivity index (χ2v) is 11.1. The van der Waals surface area contributed by atoms with E-state index in [2.05, 4.69) is 38.2 Å². The largest absolute Gasteiger partial charge is 0.472 e. The van der Waals surface area contributed by atoms with Crippen molar-refractivity contribution in [3.05, 3.63) is 24.3 Å². The van der Waals surface area contributed by atoms with Crippen LogP contribution in [0.25, 0.3) is 0 Å². The Balaban J connectivity index is 3.97. The van der Waals surface area contributed by atoms with Crippen molar-refractivity contribution in [1.29, 1.82) is 0 Å². The molecule has 3 N–H and O–H groups in total. The summed E-state index contributed by atoms with van der Waals surface area (Å²) in [7, 11) is -4.24. The molecule has 2 unspecified atom stereocenters. The Morgan fingerprint density at radius 3 is 2.05 bits per heavy atom. The summed E-state index contributed by atoms with van der Waals surface area (Å²) >= 11 is 0. The molecule has 0 aliphatic rings. The van der Waals surface area contributed by atoms with Crippen LogP contribution in [-0.2, 0) is 27.9 Å². The number of nitrogens with two attached hydrogens (primary N) is 1. The minimum atomic E-state index is -4.24. The summed E-state index contributed by atoms with van der Waals surface area (Å²) in [5, 5.41) is 0. The van der Waals surface area contributed by atoms with Gasteiger partial charge < -0.3 is 20.1 Å². The van der Waals surface area contributed by atoms with Gasteiger partial charge in [0.1, 0.15) is 6.10 Å². The van der Waals surface area contributed by atoms with Crippen LogP contribution >= 0.6 is 7.82 Å². The smallest absolute Gasteiger partial charge is 0.457 e. The highest BCUT2D eigenvalue weighted by atomic mass is 31.2. The highest BCUT2D eigenvalue weighted by molar-refractivity contribution is 7.47. The van der Waals surface area contributed by atoms with E-state index in [0.717, 1.165) is 44.9 Å². The predicted octanol–water partition coefficient (Wildman–Crippen LogP) is 7.40. The lowest BCUT2D eigenvalue weighted by Crippen LogP contribution is -2.28. The lowest BCUT2D eigenvalue weighted by atomic mass is 10.1. The first-order valence-corrected chi connectivity index (χ1v) is 16.3. The summed E-state index contributed by atoms with van der Waals surface area (Å²) in [5.41, 5.74) is 5.29. The molecule has 0 radical (unpaired) electrons. The lowest BCUT2D eigenvalue weighted by molar-refractivity contribution is -0.154. The number of carbonyl (C=O) groups excluding carboxylic acids is 1. The van der Waals surface area contributed by atoms with Gasteiger partial charge in [0, 0.05) is 19.6 Å². The first-order chi connectivity index (χ1) is 18.4. The standard InChI is InChI=1S/C29H56NO7P/c1-3-5-7-8-9-10-11-12-13-14-15-16-17-18-19-21-24-34-26-28(37-29(31)22-20-6-4-2)27-36-38(32,33)35-25-23-30/h9-10,12-13,28H,3-8,11,14-27,30H2,1-2H3,(H,32,33)/b10-9-,13-12-. The van der Waals surface area contributed by atoms with E-state index in [1.807, 2.05) is 0 Å².